The number of para-hydroxylation sites is 2. The fraction of sp³-hybridized carbons (Fsp3) is 0.0588. The summed E-state index contributed by atoms with van der Waals surface area (Å²) in [5.41, 5.74) is 3.82. The van der Waals surface area contributed by atoms with Gasteiger partial charge in [-0.3, -0.25) is 4.79 Å². The number of amides is 1. The van der Waals surface area contributed by atoms with Crippen molar-refractivity contribution in [3.63, 3.8) is 0 Å². The van der Waals surface area contributed by atoms with Crippen LogP contribution in [-0.2, 0) is 4.79 Å². The molecule has 104 valence electrons. The largest absolute Gasteiger partial charge is 0.338 e. The fourth-order valence-corrected chi connectivity index (χ4v) is 2.11. The number of carbonyl (C=O) groups excluding carboxylic acids is 1. The van der Waals surface area contributed by atoms with Crippen molar-refractivity contribution in [2.45, 2.75) is 6.92 Å². The zero-order chi connectivity index (χ0) is 14.7. The zero-order valence-electron chi connectivity index (χ0n) is 11.6. The molecular formula is C17H15N3O. The second-order valence-electron chi connectivity index (χ2n) is 4.78. The third-order valence-corrected chi connectivity index (χ3v) is 3.07. The van der Waals surface area contributed by atoms with Crippen molar-refractivity contribution in [3.8, 4) is 0 Å². The normalized spacial score (nSPS) is 11.1. The minimum Gasteiger partial charge on any atom is -0.338 e. The molecule has 3 rings (SSSR count). The topological polar surface area (TPSA) is 57.8 Å². The zero-order valence-corrected chi connectivity index (χ0v) is 11.6. The molecule has 0 saturated heterocycles. The molecular weight excluding hydrogens is 262 g/mol. The van der Waals surface area contributed by atoms with Gasteiger partial charge in [-0.2, -0.15) is 0 Å². The highest BCUT2D eigenvalue weighted by Gasteiger charge is 1.98. The third-order valence-electron chi connectivity index (χ3n) is 3.07. The molecule has 2 aromatic carbocycles. The number of benzene rings is 2. The smallest absolute Gasteiger partial charge is 0.221 e. The monoisotopic (exact) mass is 277 g/mol. The Morgan fingerprint density at radius 3 is 2.57 bits per heavy atom. The second kappa shape index (κ2) is 5.63. The van der Waals surface area contributed by atoms with Crippen LogP contribution in [0.1, 0.15) is 18.3 Å². The number of nitrogens with zero attached hydrogens (tertiary/aromatic N) is 1. The molecule has 0 aliphatic heterocycles. The van der Waals surface area contributed by atoms with Crippen molar-refractivity contribution in [2.24, 2.45) is 0 Å². The summed E-state index contributed by atoms with van der Waals surface area (Å²) in [5, 5.41) is 2.74. The summed E-state index contributed by atoms with van der Waals surface area (Å²) in [6.45, 7) is 1.50. The van der Waals surface area contributed by atoms with Crippen LogP contribution in [0.5, 0.6) is 0 Å². The number of aromatic amines is 1. The van der Waals surface area contributed by atoms with Gasteiger partial charge in [0.05, 0.1) is 11.0 Å². The number of hydrogen-bond acceptors (Lipinski definition) is 2. The minimum absolute atomic E-state index is 0.0689. The lowest BCUT2D eigenvalue weighted by atomic mass is 10.2. The van der Waals surface area contributed by atoms with Crippen molar-refractivity contribution in [1.29, 1.82) is 0 Å². The molecule has 0 atom stereocenters. The predicted molar refractivity (Wildman–Crippen MR) is 85.8 cm³/mol. The Hall–Kier alpha value is -2.88. The predicted octanol–water partition coefficient (Wildman–Crippen LogP) is 3.69. The molecule has 3 aromatic rings. The molecule has 2 N–H and O–H groups in total. The molecule has 4 nitrogen and oxygen atoms in total. The van der Waals surface area contributed by atoms with Gasteiger partial charge in [0.2, 0.25) is 5.91 Å². The van der Waals surface area contributed by atoms with Crippen molar-refractivity contribution in [1.82, 2.24) is 9.97 Å². The summed E-state index contributed by atoms with van der Waals surface area (Å²) in [6.07, 6.45) is 3.92. The molecule has 1 heterocycles. The molecule has 1 aromatic heterocycles. The molecule has 21 heavy (non-hydrogen) atoms. The van der Waals surface area contributed by atoms with E-state index in [0.717, 1.165) is 28.1 Å². The lowest BCUT2D eigenvalue weighted by molar-refractivity contribution is -0.114. The Bertz CT molecular complexity index is 767. The van der Waals surface area contributed by atoms with Crippen LogP contribution >= 0.6 is 0 Å². The average Bonchev–Trinajstić information content (AvgIpc) is 2.89. The van der Waals surface area contributed by atoms with Gasteiger partial charge >= 0.3 is 0 Å². The molecule has 0 spiro atoms. The van der Waals surface area contributed by atoms with Gasteiger partial charge < -0.3 is 10.3 Å². The molecule has 0 radical (unpaired) electrons. The number of nitrogens with one attached hydrogen (secondary N) is 2. The van der Waals surface area contributed by atoms with Gasteiger partial charge in [-0.1, -0.05) is 30.3 Å². The van der Waals surface area contributed by atoms with E-state index in [9.17, 15) is 4.79 Å². The number of carbonyl (C=O) groups is 1. The number of imidazole rings is 1. The Labute approximate surface area is 122 Å². The molecule has 0 aliphatic carbocycles. The van der Waals surface area contributed by atoms with E-state index in [1.807, 2.05) is 60.7 Å². The number of anilines is 1. The van der Waals surface area contributed by atoms with Gasteiger partial charge in [0.1, 0.15) is 5.82 Å². The van der Waals surface area contributed by atoms with E-state index in [1.165, 1.54) is 6.92 Å². The van der Waals surface area contributed by atoms with Gasteiger partial charge in [0, 0.05) is 12.6 Å². The molecule has 0 bridgehead atoms. The first-order valence-corrected chi connectivity index (χ1v) is 6.71. The quantitative estimate of drug-likeness (QED) is 0.767. The number of fused-ring (bicyclic) bond motifs is 1. The summed E-state index contributed by atoms with van der Waals surface area (Å²) in [5.74, 6) is 0.753. The highest BCUT2D eigenvalue weighted by Crippen LogP contribution is 2.14. The van der Waals surface area contributed by atoms with E-state index in [2.05, 4.69) is 15.3 Å². The maximum atomic E-state index is 11.0. The van der Waals surface area contributed by atoms with Crippen molar-refractivity contribution in [2.75, 3.05) is 5.32 Å². The van der Waals surface area contributed by atoms with Crippen LogP contribution in [0.3, 0.4) is 0 Å². The molecule has 0 unspecified atom stereocenters. The van der Waals surface area contributed by atoms with Crippen LogP contribution in [0, 0.1) is 0 Å². The minimum atomic E-state index is -0.0689. The Kier molecular flexibility index (Phi) is 3.51. The van der Waals surface area contributed by atoms with E-state index < -0.39 is 0 Å². The summed E-state index contributed by atoms with van der Waals surface area (Å²) < 4.78 is 0. The summed E-state index contributed by atoms with van der Waals surface area (Å²) in [4.78, 5) is 18.7. The average molecular weight is 277 g/mol. The van der Waals surface area contributed by atoms with E-state index in [1.54, 1.807) is 0 Å². The number of rotatable bonds is 3. The summed E-state index contributed by atoms with van der Waals surface area (Å²) >= 11 is 0. The first-order chi connectivity index (χ1) is 10.2. The molecule has 0 saturated carbocycles. The van der Waals surface area contributed by atoms with Crippen LogP contribution in [0.4, 0.5) is 5.69 Å². The standard InChI is InChI=1S/C17H15N3O/c1-12(21)18-14-9-6-13(7-10-14)8-11-17-19-15-4-2-3-5-16(15)20-17/h2-11H,1H3,(H,18,21)(H,19,20)/b11-8-. The summed E-state index contributed by atoms with van der Waals surface area (Å²) in [6, 6.07) is 15.6. The van der Waals surface area contributed by atoms with Crippen molar-refractivity contribution < 1.29 is 4.79 Å². The molecule has 4 heteroatoms. The van der Waals surface area contributed by atoms with Crippen LogP contribution in [-0.4, -0.2) is 15.9 Å². The Morgan fingerprint density at radius 2 is 1.86 bits per heavy atom. The molecule has 0 fully saturated rings. The fourth-order valence-electron chi connectivity index (χ4n) is 2.11. The maximum absolute atomic E-state index is 11.0. The van der Waals surface area contributed by atoms with E-state index in [-0.39, 0.29) is 5.91 Å². The van der Waals surface area contributed by atoms with Crippen LogP contribution < -0.4 is 5.32 Å². The van der Waals surface area contributed by atoms with Crippen LogP contribution in [0.2, 0.25) is 0 Å². The van der Waals surface area contributed by atoms with E-state index >= 15 is 0 Å². The number of H-pyrrole nitrogens is 1. The van der Waals surface area contributed by atoms with E-state index in [0.29, 0.717) is 0 Å². The molecule has 0 aliphatic rings. The first-order valence-electron chi connectivity index (χ1n) is 6.71. The molecule has 1 amide bonds. The van der Waals surface area contributed by atoms with Crippen molar-refractivity contribution >= 4 is 34.8 Å². The number of aromatic nitrogens is 2. The van der Waals surface area contributed by atoms with Gasteiger partial charge in [-0.05, 0) is 35.9 Å². The highest BCUT2D eigenvalue weighted by molar-refractivity contribution is 5.88. The summed E-state index contributed by atoms with van der Waals surface area (Å²) in [7, 11) is 0. The van der Waals surface area contributed by atoms with Gasteiger partial charge in [0.25, 0.3) is 0 Å². The third kappa shape index (κ3) is 3.17. The van der Waals surface area contributed by atoms with Gasteiger partial charge in [-0.15, -0.1) is 0 Å². The maximum Gasteiger partial charge on any atom is 0.221 e. The second-order valence-corrected chi connectivity index (χ2v) is 4.78. The van der Waals surface area contributed by atoms with Crippen LogP contribution in [0.15, 0.2) is 48.5 Å². The van der Waals surface area contributed by atoms with Gasteiger partial charge in [-0.25, -0.2) is 4.98 Å². The van der Waals surface area contributed by atoms with Crippen molar-refractivity contribution in [3.05, 3.63) is 59.9 Å². The first kappa shape index (κ1) is 13.1. The number of hydrogen-bond donors (Lipinski definition) is 2. The highest BCUT2D eigenvalue weighted by atomic mass is 16.1. The SMILES string of the molecule is CC(=O)Nc1ccc(/C=C\c2nc3ccccc3[nH]2)cc1. The Morgan fingerprint density at radius 1 is 1.10 bits per heavy atom. The lowest BCUT2D eigenvalue weighted by Gasteiger charge is -2.01. The van der Waals surface area contributed by atoms with Crippen LogP contribution in [0.25, 0.3) is 23.2 Å². The Balaban J connectivity index is 1.77. The lowest BCUT2D eigenvalue weighted by Crippen LogP contribution is -2.05. The van der Waals surface area contributed by atoms with E-state index in [4.69, 9.17) is 0 Å². The van der Waals surface area contributed by atoms with Gasteiger partial charge in [0.15, 0.2) is 0 Å².